The van der Waals surface area contributed by atoms with E-state index in [2.05, 4.69) is 72.1 Å². The van der Waals surface area contributed by atoms with Crippen LogP contribution in [0.3, 0.4) is 0 Å². The number of nitrogens with one attached hydrogen (secondary N) is 1. The number of hydrogen-bond acceptors (Lipinski definition) is 1. The predicted molar refractivity (Wildman–Crippen MR) is 65.9 cm³/mol. The van der Waals surface area contributed by atoms with Crippen LogP contribution < -0.4 is 5.32 Å². The van der Waals surface area contributed by atoms with Gasteiger partial charge in [0.25, 0.3) is 0 Å². The molecule has 1 nitrogen and oxygen atoms in total. The number of fused-ring (bicyclic) bond motifs is 1. The summed E-state index contributed by atoms with van der Waals surface area (Å²) >= 11 is 2.33. The summed E-state index contributed by atoms with van der Waals surface area (Å²) < 4.78 is 1.28. The van der Waals surface area contributed by atoms with Crippen LogP contribution in [0.15, 0.2) is 24.3 Å². The van der Waals surface area contributed by atoms with Crippen molar-refractivity contribution in [1.82, 2.24) is 0 Å². The van der Waals surface area contributed by atoms with E-state index in [0.717, 1.165) is 0 Å². The zero-order valence-corrected chi connectivity index (χ0v) is 9.92. The minimum atomic E-state index is 0.0831. The SMILES string of the molecule is CC1(C)C=Cc2cc(I)ccc2N1. The minimum Gasteiger partial charge on any atom is -0.376 e. The van der Waals surface area contributed by atoms with Gasteiger partial charge in [0, 0.05) is 9.26 Å². The summed E-state index contributed by atoms with van der Waals surface area (Å²) in [7, 11) is 0. The lowest BCUT2D eigenvalue weighted by Gasteiger charge is -2.28. The number of anilines is 1. The zero-order valence-electron chi connectivity index (χ0n) is 7.76. The van der Waals surface area contributed by atoms with Crippen LogP contribution in [0.1, 0.15) is 19.4 Å². The Morgan fingerprint density at radius 3 is 2.85 bits per heavy atom. The number of rotatable bonds is 0. The molecule has 0 aromatic heterocycles. The monoisotopic (exact) mass is 285 g/mol. The van der Waals surface area contributed by atoms with Crippen molar-refractivity contribution in [2.75, 3.05) is 5.32 Å². The maximum Gasteiger partial charge on any atom is 0.0503 e. The van der Waals surface area contributed by atoms with E-state index in [-0.39, 0.29) is 5.54 Å². The van der Waals surface area contributed by atoms with Gasteiger partial charge in [0.15, 0.2) is 0 Å². The highest BCUT2D eigenvalue weighted by atomic mass is 127. The molecule has 1 heterocycles. The summed E-state index contributed by atoms with van der Waals surface area (Å²) in [4.78, 5) is 0. The van der Waals surface area contributed by atoms with E-state index in [1.165, 1.54) is 14.8 Å². The Labute approximate surface area is 92.4 Å². The first-order valence-corrected chi connectivity index (χ1v) is 5.42. The van der Waals surface area contributed by atoms with Crippen LogP contribution in [-0.4, -0.2) is 5.54 Å². The van der Waals surface area contributed by atoms with Crippen molar-refractivity contribution < 1.29 is 0 Å². The second-order valence-electron chi connectivity index (χ2n) is 3.91. The van der Waals surface area contributed by atoms with Crippen molar-refractivity contribution >= 4 is 34.4 Å². The van der Waals surface area contributed by atoms with Gasteiger partial charge in [0.2, 0.25) is 0 Å². The van der Waals surface area contributed by atoms with Gasteiger partial charge in [-0.3, -0.25) is 0 Å². The molecule has 0 radical (unpaired) electrons. The van der Waals surface area contributed by atoms with E-state index in [1.807, 2.05) is 0 Å². The molecule has 1 aliphatic rings. The molecule has 2 rings (SSSR count). The highest BCUT2D eigenvalue weighted by Gasteiger charge is 2.18. The Bertz CT molecular complexity index is 366. The molecule has 0 unspecified atom stereocenters. The summed E-state index contributed by atoms with van der Waals surface area (Å²) in [5.74, 6) is 0. The maximum absolute atomic E-state index is 3.47. The number of hydrogen-bond donors (Lipinski definition) is 1. The molecule has 68 valence electrons. The summed E-state index contributed by atoms with van der Waals surface area (Å²) in [5.41, 5.74) is 2.60. The van der Waals surface area contributed by atoms with Crippen LogP contribution in [0.25, 0.3) is 6.08 Å². The third-order valence-corrected chi connectivity index (χ3v) is 2.82. The minimum absolute atomic E-state index is 0.0831. The van der Waals surface area contributed by atoms with Gasteiger partial charge in [0.1, 0.15) is 0 Å². The molecule has 0 atom stereocenters. The molecule has 13 heavy (non-hydrogen) atoms. The summed E-state index contributed by atoms with van der Waals surface area (Å²) in [5, 5.41) is 3.47. The van der Waals surface area contributed by atoms with E-state index in [0.29, 0.717) is 0 Å². The maximum atomic E-state index is 3.47. The van der Waals surface area contributed by atoms with Crippen molar-refractivity contribution in [2.45, 2.75) is 19.4 Å². The highest BCUT2D eigenvalue weighted by molar-refractivity contribution is 14.1. The van der Waals surface area contributed by atoms with E-state index >= 15 is 0 Å². The topological polar surface area (TPSA) is 12.0 Å². The highest BCUT2D eigenvalue weighted by Crippen LogP contribution is 2.28. The van der Waals surface area contributed by atoms with E-state index in [1.54, 1.807) is 0 Å². The second kappa shape index (κ2) is 3.01. The number of halogens is 1. The fourth-order valence-corrected chi connectivity index (χ4v) is 1.99. The smallest absolute Gasteiger partial charge is 0.0503 e. The van der Waals surface area contributed by atoms with Gasteiger partial charge in [-0.15, -0.1) is 0 Å². The lowest BCUT2D eigenvalue weighted by molar-refractivity contribution is 0.711. The quantitative estimate of drug-likeness (QED) is 0.719. The van der Waals surface area contributed by atoms with Crippen molar-refractivity contribution in [1.29, 1.82) is 0 Å². The molecule has 2 heteroatoms. The van der Waals surface area contributed by atoms with Crippen LogP contribution in [0, 0.1) is 3.57 Å². The second-order valence-corrected chi connectivity index (χ2v) is 5.16. The van der Waals surface area contributed by atoms with Crippen LogP contribution in [-0.2, 0) is 0 Å². The van der Waals surface area contributed by atoms with Gasteiger partial charge in [-0.1, -0.05) is 12.2 Å². The van der Waals surface area contributed by atoms with Crippen molar-refractivity contribution in [3.63, 3.8) is 0 Å². The molecule has 0 amide bonds. The first-order chi connectivity index (χ1) is 6.07. The Morgan fingerprint density at radius 1 is 1.31 bits per heavy atom. The van der Waals surface area contributed by atoms with Gasteiger partial charge in [-0.05, 0) is 60.2 Å². The van der Waals surface area contributed by atoms with Gasteiger partial charge in [-0.25, -0.2) is 0 Å². The summed E-state index contributed by atoms with van der Waals surface area (Å²) in [6, 6.07) is 6.46. The molecule has 1 aliphatic heterocycles. The van der Waals surface area contributed by atoms with E-state index < -0.39 is 0 Å². The molecule has 0 bridgehead atoms. The zero-order chi connectivity index (χ0) is 9.47. The summed E-state index contributed by atoms with van der Waals surface area (Å²) in [6.07, 6.45) is 4.39. The molecule has 1 aromatic rings. The van der Waals surface area contributed by atoms with Crippen molar-refractivity contribution in [3.05, 3.63) is 33.4 Å². The lowest BCUT2D eigenvalue weighted by Crippen LogP contribution is -2.30. The van der Waals surface area contributed by atoms with Crippen molar-refractivity contribution in [3.8, 4) is 0 Å². The molecular formula is C11H12IN. The van der Waals surface area contributed by atoms with Gasteiger partial charge < -0.3 is 5.32 Å². The van der Waals surface area contributed by atoms with E-state index in [9.17, 15) is 0 Å². The molecule has 1 aromatic carbocycles. The van der Waals surface area contributed by atoms with E-state index in [4.69, 9.17) is 0 Å². The normalized spacial score (nSPS) is 17.8. The number of benzene rings is 1. The van der Waals surface area contributed by atoms with Gasteiger partial charge in [-0.2, -0.15) is 0 Å². The summed E-state index contributed by atoms with van der Waals surface area (Å²) in [6.45, 7) is 4.34. The Kier molecular flexibility index (Phi) is 2.10. The molecule has 0 spiro atoms. The van der Waals surface area contributed by atoms with Gasteiger partial charge >= 0.3 is 0 Å². The largest absolute Gasteiger partial charge is 0.376 e. The van der Waals surface area contributed by atoms with Gasteiger partial charge in [0.05, 0.1) is 5.54 Å². The Balaban J connectivity index is 2.47. The first-order valence-electron chi connectivity index (χ1n) is 4.34. The molecule has 0 aliphatic carbocycles. The molecule has 0 saturated heterocycles. The third kappa shape index (κ3) is 1.88. The third-order valence-electron chi connectivity index (χ3n) is 2.15. The molecule has 0 fully saturated rings. The standard InChI is InChI=1S/C11H12IN/c1-11(2)6-5-8-7-9(12)3-4-10(8)13-11/h3-7,13H,1-2H3. The van der Waals surface area contributed by atoms with Crippen molar-refractivity contribution in [2.24, 2.45) is 0 Å². The van der Waals surface area contributed by atoms with Crippen LogP contribution in [0.5, 0.6) is 0 Å². The first kappa shape index (κ1) is 9.06. The predicted octanol–water partition coefficient (Wildman–Crippen LogP) is 3.51. The molecule has 0 saturated carbocycles. The average Bonchev–Trinajstić information content (AvgIpc) is 2.05. The fraction of sp³-hybridized carbons (Fsp3) is 0.273. The molecule has 1 N–H and O–H groups in total. The van der Waals surface area contributed by atoms with Crippen LogP contribution >= 0.6 is 22.6 Å². The lowest BCUT2D eigenvalue weighted by atomic mass is 9.97. The average molecular weight is 285 g/mol. The van der Waals surface area contributed by atoms with Crippen LogP contribution in [0.4, 0.5) is 5.69 Å². The van der Waals surface area contributed by atoms with Crippen LogP contribution in [0.2, 0.25) is 0 Å². The fourth-order valence-electron chi connectivity index (χ4n) is 1.47. The Morgan fingerprint density at radius 2 is 2.08 bits per heavy atom. The molecular weight excluding hydrogens is 273 g/mol. The Hall–Kier alpha value is -0.510.